The molecule has 0 aromatic carbocycles. The van der Waals surface area contributed by atoms with Crippen molar-refractivity contribution in [2.24, 2.45) is 0 Å². The zero-order chi connectivity index (χ0) is 18.5. The molecule has 0 spiro atoms. The molecule has 2 aromatic heterocycles. The van der Waals surface area contributed by atoms with E-state index >= 15 is 0 Å². The molecule has 0 aliphatic carbocycles. The molecule has 0 saturated carbocycles. The van der Waals surface area contributed by atoms with Crippen LogP contribution < -0.4 is 0 Å². The van der Waals surface area contributed by atoms with Crippen molar-refractivity contribution in [2.75, 3.05) is 5.75 Å². The van der Waals surface area contributed by atoms with Crippen LogP contribution in [0.1, 0.15) is 46.5 Å². The lowest BCUT2D eigenvalue weighted by atomic mass is 9.98. The highest BCUT2D eigenvalue weighted by molar-refractivity contribution is 7.99. The van der Waals surface area contributed by atoms with Crippen LogP contribution in [0.2, 0.25) is 0 Å². The molecule has 1 aliphatic heterocycles. The van der Waals surface area contributed by atoms with Gasteiger partial charge in [0.25, 0.3) is 0 Å². The molecule has 0 radical (unpaired) electrons. The normalized spacial score (nSPS) is 20.3. The molecule has 3 heterocycles. The first-order valence-electron chi connectivity index (χ1n) is 9.39. The minimum absolute atomic E-state index is 0.200. The molecule has 3 rings (SSSR count). The Morgan fingerprint density at radius 1 is 1.19 bits per heavy atom. The minimum atomic E-state index is 0.200. The van der Waals surface area contributed by atoms with E-state index in [0.717, 1.165) is 42.4 Å². The monoisotopic (exact) mass is 373 g/mol. The summed E-state index contributed by atoms with van der Waals surface area (Å²) >= 11 is 1.49. The van der Waals surface area contributed by atoms with Crippen LogP contribution in [0, 0.1) is 0 Å². The van der Waals surface area contributed by atoms with Gasteiger partial charge in [-0.3, -0.25) is 9.78 Å². The van der Waals surface area contributed by atoms with E-state index < -0.39 is 0 Å². The second-order valence-electron chi connectivity index (χ2n) is 6.91. The molecule has 26 heavy (non-hydrogen) atoms. The Hall–Kier alpha value is -1.89. The lowest BCUT2D eigenvalue weighted by molar-refractivity contribution is -0.134. The summed E-state index contributed by atoms with van der Waals surface area (Å²) < 4.78 is 2.11. The summed E-state index contributed by atoms with van der Waals surface area (Å²) in [6.45, 7) is 7.27. The molecule has 1 saturated heterocycles. The van der Waals surface area contributed by atoms with Crippen molar-refractivity contribution in [3.63, 3.8) is 0 Å². The van der Waals surface area contributed by atoms with E-state index in [0.29, 0.717) is 17.8 Å². The number of rotatable bonds is 6. The third kappa shape index (κ3) is 4.09. The van der Waals surface area contributed by atoms with E-state index in [9.17, 15) is 4.79 Å². The SMILES string of the molecule is CCCn1c(SCC(=O)N2C(C)CCCC2C)nnc1-c1ccncc1. The molecule has 1 fully saturated rings. The maximum Gasteiger partial charge on any atom is 0.233 e. The van der Waals surface area contributed by atoms with Crippen LogP contribution in [-0.2, 0) is 11.3 Å². The van der Waals surface area contributed by atoms with Gasteiger partial charge in [-0.25, -0.2) is 0 Å². The Kier molecular flexibility index (Phi) is 6.29. The number of likely N-dealkylation sites (tertiary alicyclic amines) is 1. The Morgan fingerprint density at radius 3 is 2.54 bits per heavy atom. The molecule has 1 amide bonds. The molecular weight excluding hydrogens is 346 g/mol. The van der Waals surface area contributed by atoms with Crippen LogP contribution in [0.3, 0.4) is 0 Å². The number of hydrogen-bond acceptors (Lipinski definition) is 5. The van der Waals surface area contributed by atoms with Gasteiger partial charge < -0.3 is 9.47 Å². The lowest BCUT2D eigenvalue weighted by Crippen LogP contribution is -2.48. The third-order valence-corrected chi connectivity index (χ3v) is 5.86. The third-order valence-electron chi connectivity index (χ3n) is 4.91. The zero-order valence-electron chi connectivity index (χ0n) is 15.8. The number of carbonyl (C=O) groups is 1. The first kappa shape index (κ1) is 18.9. The summed E-state index contributed by atoms with van der Waals surface area (Å²) in [4.78, 5) is 18.9. The van der Waals surface area contributed by atoms with Gasteiger partial charge in [0.05, 0.1) is 5.75 Å². The predicted octanol–water partition coefficient (Wildman–Crippen LogP) is 3.63. The van der Waals surface area contributed by atoms with E-state index in [2.05, 4.69) is 45.4 Å². The Balaban J connectivity index is 1.73. The Bertz CT molecular complexity index is 723. The van der Waals surface area contributed by atoms with Gasteiger partial charge in [0.15, 0.2) is 11.0 Å². The number of piperidine rings is 1. The van der Waals surface area contributed by atoms with E-state index in [-0.39, 0.29) is 5.91 Å². The van der Waals surface area contributed by atoms with Crippen molar-refractivity contribution in [3.8, 4) is 11.4 Å². The van der Waals surface area contributed by atoms with Gasteiger partial charge in [0.1, 0.15) is 0 Å². The topological polar surface area (TPSA) is 63.9 Å². The van der Waals surface area contributed by atoms with Crippen LogP contribution in [0.5, 0.6) is 0 Å². The molecule has 6 nitrogen and oxygen atoms in total. The fraction of sp³-hybridized carbons (Fsp3) is 0.579. The molecule has 1 aliphatic rings. The van der Waals surface area contributed by atoms with Crippen molar-refractivity contribution < 1.29 is 4.79 Å². The number of carbonyl (C=O) groups excluding carboxylic acids is 1. The summed E-state index contributed by atoms with van der Waals surface area (Å²) in [6.07, 6.45) is 7.90. The molecule has 2 atom stereocenters. The molecule has 7 heteroatoms. The fourth-order valence-electron chi connectivity index (χ4n) is 3.65. The summed E-state index contributed by atoms with van der Waals surface area (Å²) in [5.41, 5.74) is 0.998. The highest BCUT2D eigenvalue weighted by atomic mass is 32.2. The lowest BCUT2D eigenvalue weighted by Gasteiger charge is -2.39. The van der Waals surface area contributed by atoms with Gasteiger partial charge in [-0.15, -0.1) is 10.2 Å². The molecule has 140 valence electrons. The second kappa shape index (κ2) is 8.66. The predicted molar refractivity (Wildman–Crippen MR) is 104 cm³/mol. The average molecular weight is 374 g/mol. The number of nitrogens with zero attached hydrogens (tertiary/aromatic N) is 5. The summed E-state index contributed by atoms with van der Waals surface area (Å²) in [5.74, 6) is 1.45. The average Bonchev–Trinajstić information content (AvgIpc) is 3.03. The van der Waals surface area contributed by atoms with Crippen molar-refractivity contribution >= 4 is 17.7 Å². The molecule has 0 bridgehead atoms. The molecule has 2 unspecified atom stereocenters. The van der Waals surface area contributed by atoms with Crippen LogP contribution in [0.25, 0.3) is 11.4 Å². The summed E-state index contributed by atoms with van der Waals surface area (Å²) in [6, 6.07) is 4.53. The van der Waals surface area contributed by atoms with Crippen LogP contribution >= 0.6 is 11.8 Å². The van der Waals surface area contributed by atoms with E-state index in [1.165, 1.54) is 18.2 Å². The molecule has 2 aromatic rings. The first-order chi connectivity index (χ1) is 12.6. The number of aromatic nitrogens is 4. The Labute approximate surface area is 159 Å². The molecular formula is C19H27N5OS. The Morgan fingerprint density at radius 2 is 1.88 bits per heavy atom. The van der Waals surface area contributed by atoms with Crippen molar-refractivity contribution in [3.05, 3.63) is 24.5 Å². The fourth-order valence-corrected chi connectivity index (χ4v) is 4.48. The highest BCUT2D eigenvalue weighted by Gasteiger charge is 2.29. The minimum Gasteiger partial charge on any atom is -0.337 e. The maximum atomic E-state index is 12.8. The van der Waals surface area contributed by atoms with E-state index in [1.807, 2.05) is 12.1 Å². The van der Waals surface area contributed by atoms with E-state index in [4.69, 9.17) is 0 Å². The standard InChI is InChI=1S/C19H27N5OS/c1-4-12-23-18(16-8-10-20-11-9-16)21-22-19(23)26-13-17(25)24-14(2)6-5-7-15(24)3/h8-11,14-15H,4-7,12-13H2,1-3H3. The number of pyridine rings is 1. The smallest absolute Gasteiger partial charge is 0.233 e. The largest absolute Gasteiger partial charge is 0.337 e. The molecule has 0 N–H and O–H groups in total. The highest BCUT2D eigenvalue weighted by Crippen LogP contribution is 2.27. The number of thioether (sulfide) groups is 1. The zero-order valence-corrected chi connectivity index (χ0v) is 16.6. The van der Waals surface area contributed by atoms with Crippen molar-refractivity contribution in [1.82, 2.24) is 24.6 Å². The maximum absolute atomic E-state index is 12.8. The van der Waals surface area contributed by atoms with Gasteiger partial charge >= 0.3 is 0 Å². The van der Waals surface area contributed by atoms with Gasteiger partial charge in [-0.1, -0.05) is 18.7 Å². The van der Waals surface area contributed by atoms with Crippen LogP contribution in [0.15, 0.2) is 29.7 Å². The quantitative estimate of drug-likeness (QED) is 0.724. The second-order valence-corrected chi connectivity index (χ2v) is 7.85. The summed E-state index contributed by atoms with van der Waals surface area (Å²) in [7, 11) is 0. The van der Waals surface area contributed by atoms with Gasteiger partial charge in [-0.05, 0) is 51.7 Å². The first-order valence-corrected chi connectivity index (χ1v) is 10.4. The number of amides is 1. The van der Waals surface area contributed by atoms with Crippen LogP contribution in [-0.4, -0.2) is 48.4 Å². The summed E-state index contributed by atoms with van der Waals surface area (Å²) in [5, 5.41) is 9.53. The van der Waals surface area contributed by atoms with Gasteiger partial charge in [-0.2, -0.15) is 0 Å². The van der Waals surface area contributed by atoms with Crippen molar-refractivity contribution in [1.29, 1.82) is 0 Å². The van der Waals surface area contributed by atoms with E-state index in [1.54, 1.807) is 12.4 Å². The van der Waals surface area contributed by atoms with Crippen molar-refractivity contribution in [2.45, 2.75) is 70.2 Å². The van der Waals surface area contributed by atoms with Crippen LogP contribution in [0.4, 0.5) is 0 Å². The van der Waals surface area contributed by atoms with Gasteiger partial charge in [0, 0.05) is 36.6 Å². The number of hydrogen-bond donors (Lipinski definition) is 0. The van der Waals surface area contributed by atoms with Gasteiger partial charge in [0.2, 0.25) is 5.91 Å².